The third-order valence-corrected chi connectivity index (χ3v) is 3.57. The third-order valence-electron chi connectivity index (χ3n) is 3.57. The van der Waals surface area contributed by atoms with E-state index in [-0.39, 0.29) is 0 Å². The maximum absolute atomic E-state index is 13.8. The molecule has 0 fully saturated rings. The van der Waals surface area contributed by atoms with Crippen LogP contribution in [0.5, 0.6) is 11.5 Å². The lowest BCUT2D eigenvalue weighted by atomic mass is 9.80. The molecule has 0 saturated carbocycles. The minimum atomic E-state index is -2.58. The van der Waals surface area contributed by atoms with E-state index in [2.05, 4.69) is 5.32 Å². The van der Waals surface area contributed by atoms with Crippen molar-refractivity contribution in [2.45, 2.75) is 12.0 Å². The fraction of sp³-hybridized carbons (Fsp3) is 0.200. The molecule has 1 aliphatic rings. The highest BCUT2D eigenvalue weighted by molar-refractivity contribution is 5.57. The fourth-order valence-corrected chi connectivity index (χ4v) is 2.64. The quantitative estimate of drug-likeness (QED) is 0.893. The molecule has 4 heteroatoms. The Morgan fingerprint density at radius 1 is 0.947 bits per heavy atom. The minimum absolute atomic E-state index is 0.464. The zero-order valence-corrected chi connectivity index (χ0v) is 10.4. The molecule has 3 rings (SSSR count). The lowest BCUT2D eigenvalue weighted by molar-refractivity contribution is 0.0503. The molecule has 0 saturated heterocycles. The van der Waals surface area contributed by atoms with Gasteiger partial charge >= 0.3 is 0 Å². The molecule has 1 heterocycles. The summed E-state index contributed by atoms with van der Waals surface area (Å²) in [6.45, 7) is 0. The summed E-state index contributed by atoms with van der Waals surface area (Å²) >= 11 is 0. The standard InChI is InChI=1S/C15H13F2NO/c1-18-15(14(16)17)10-6-2-4-8-12(10)19-13-9-5-3-7-11(13)15/h2-9,14,18H,1H3. The molecule has 2 nitrogen and oxygen atoms in total. The number of ether oxygens (including phenoxy) is 1. The molecular formula is C15H13F2NO. The van der Waals surface area contributed by atoms with E-state index in [0.29, 0.717) is 22.6 Å². The highest BCUT2D eigenvalue weighted by Gasteiger charge is 2.48. The van der Waals surface area contributed by atoms with Gasteiger partial charge in [-0.05, 0) is 19.2 Å². The lowest BCUT2D eigenvalue weighted by Crippen LogP contribution is -2.49. The molecule has 0 radical (unpaired) electrons. The maximum Gasteiger partial charge on any atom is 0.265 e. The number of halogens is 2. The Hall–Kier alpha value is -1.94. The first-order valence-electron chi connectivity index (χ1n) is 6.04. The Labute approximate surface area is 110 Å². The summed E-state index contributed by atoms with van der Waals surface area (Å²) in [7, 11) is 1.55. The molecule has 2 aromatic rings. The monoisotopic (exact) mass is 261 g/mol. The van der Waals surface area contributed by atoms with Crippen molar-refractivity contribution in [3.05, 3.63) is 59.7 Å². The highest BCUT2D eigenvalue weighted by atomic mass is 19.3. The van der Waals surface area contributed by atoms with Crippen molar-refractivity contribution in [3.8, 4) is 11.5 Å². The summed E-state index contributed by atoms with van der Waals surface area (Å²) < 4.78 is 33.3. The molecule has 0 aromatic heterocycles. The molecular weight excluding hydrogens is 248 g/mol. The number of para-hydroxylation sites is 2. The molecule has 0 bridgehead atoms. The van der Waals surface area contributed by atoms with E-state index in [1.54, 1.807) is 55.6 Å². The average Bonchev–Trinajstić information content (AvgIpc) is 2.44. The van der Waals surface area contributed by atoms with E-state index in [1.165, 1.54) is 0 Å². The first-order chi connectivity index (χ1) is 9.20. The topological polar surface area (TPSA) is 21.3 Å². The van der Waals surface area contributed by atoms with Crippen molar-refractivity contribution in [1.29, 1.82) is 0 Å². The molecule has 98 valence electrons. The second-order valence-corrected chi connectivity index (χ2v) is 4.45. The van der Waals surface area contributed by atoms with E-state index in [9.17, 15) is 8.78 Å². The molecule has 2 aromatic carbocycles. The lowest BCUT2D eigenvalue weighted by Gasteiger charge is -2.39. The van der Waals surface area contributed by atoms with Gasteiger partial charge in [0, 0.05) is 11.1 Å². The molecule has 0 aliphatic carbocycles. The maximum atomic E-state index is 13.8. The van der Waals surface area contributed by atoms with Crippen molar-refractivity contribution >= 4 is 0 Å². The van der Waals surface area contributed by atoms with Crippen LogP contribution in [0.4, 0.5) is 8.78 Å². The van der Waals surface area contributed by atoms with Crippen LogP contribution in [-0.2, 0) is 5.54 Å². The number of hydrogen-bond acceptors (Lipinski definition) is 2. The molecule has 0 unspecified atom stereocenters. The summed E-state index contributed by atoms with van der Waals surface area (Å²) in [5, 5.41) is 2.80. The van der Waals surface area contributed by atoms with E-state index in [4.69, 9.17) is 4.74 Å². The van der Waals surface area contributed by atoms with Gasteiger partial charge in [0.15, 0.2) is 0 Å². The minimum Gasteiger partial charge on any atom is -0.457 e. The van der Waals surface area contributed by atoms with Gasteiger partial charge in [0.05, 0.1) is 0 Å². The Balaban J connectivity index is 2.33. The van der Waals surface area contributed by atoms with Gasteiger partial charge in [-0.25, -0.2) is 8.78 Å². The normalized spacial score (nSPS) is 15.6. The molecule has 1 aliphatic heterocycles. The molecule has 0 spiro atoms. The Bertz CT molecular complexity index is 567. The largest absolute Gasteiger partial charge is 0.457 e. The van der Waals surface area contributed by atoms with E-state index in [1.807, 2.05) is 0 Å². The van der Waals surface area contributed by atoms with Gasteiger partial charge in [0.1, 0.15) is 17.0 Å². The number of benzene rings is 2. The summed E-state index contributed by atoms with van der Waals surface area (Å²) in [6, 6.07) is 13.8. The number of nitrogens with one attached hydrogen (secondary N) is 1. The Morgan fingerprint density at radius 3 is 1.84 bits per heavy atom. The van der Waals surface area contributed by atoms with Gasteiger partial charge in [-0.1, -0.05) is 36.4 Å². The highest BCUT2D eigenvalue weighted by Crippen LogP contribution is 2.49. The second-order valence-electron chi connectivity index (χ2n) is 4.45. The van der Waals surface area contributed by atoms with Crippen molar-refractivity contribution < 1.29 is 13.5 Å². The molecule has 19 heavy (non-hydrogen) atoms. The number of hydrogen-bond donors (Lipinski definition) is 1. The average molecular weight is 261 g/mol. The zero-order valence-electron chi connectivity index (χ0n) is 10.4. The SMILES string of the molecule is CNC1(C(F)F)c2ccccc2Oc2ccccc21. The van der Waals surface area contributed by atoms with Gasteiger partial charge in [-0.2, -0.15) is 0 Å². The van der Waals surface area contributed by atoms with Crippen LogP contribution in [0, 0.1) is 0 Å². The first-order valence-corrected chi connectivity index (χ1v) is 6.04. The zero-order chi connectivity index (χ0) is 13.5. The van der Waals surface area contributed by atoms with Crippen LogP contribution < -0.4 is 10.1 Å². The van der Waals surface area contributed by atoms with E-state index < -0.39 is 12.0 Å². The predicted octanol–water partition coefficient (Wildman–Crippen LogP) is 3.52. The fourth-order valence-electron chi connectivity index (χ4n) is 2.64. The summed E-state index contributed by atoms with van der Waals surface area (Å²) in [5.74, 6) is 0.937. The molecule has 0 atom stereocenters. The van der Waals surface area contributed by atoms with Crippen LogP contribution in [0.1, 0.15) is 11.1 Å². The third kappa shape index (κ3) is 1.56. The van der Waals surface area contributed by atoms with Crippen molar-refractivity contribution in [1.82, 2.24) is 5.32 Å². The van der Waals surface area contributed by atoms with Crippen LogP contribution in [0.15, 0.2) is 48.5 Å². The Morgan fingerprint density at radius 2 is 1.42 bits per heavy atom. The van der Waals surface area contributed by atoms with Crippen LogP contribution in [0.25, 0.3) is 0 Å². The van der Waals surface area contributed by atoms with Gasteiger partial charge in [0.25, 0.3) is 6.43 Å². The smallest absolute Gasteiger partial charge is 0.265 e. The van der Waals surface area contributed by atoms with E-state index in [0.717, 1.165) is 0 Å². The second kappa shape index (κ2) is 4.31. The van der Waals surface area contributed by atoms with Crippen LogP contribution >= 0.6 is 0 Å². The van der Waals surface area contributed by atoms with Gasteiger partial charge < -0.3 is 10.1 Å². The predicted molar refractivity (Wildman–Crippen MR) is 68.8 cm³/mol. The summed E-state index contributed by atoms with van der Waals surface area (Å²) in [5.41, 5.74) is -0.594. The molecule has 0 amide bonds. The number of fused-ring (bicyclic) bond motifs is 2. The van der Waals surface area contributed by atoms with Crippen molar-refractivity contribution in [3.63, 3.8) is 0 Å². The number of alkyl halides is 2. The van der Waals surface area contributed by atoms with E-state index >= 15 is 0 Å². The first kappa shape index (κ1) is 12.1. The van der Waals surface area contributed by atoms with Crippen LogP contribution in [0.2, 0.25) is 0 Å². The van der Waals surface area contributed by atoms with Crippen molar-refractivity contribution in [2.24, 2.45) is 0 Å². The molecule has 1 N–H and O–H groups in total. The summed E-state index contributed by atoms with van der Waals surface area (Å²) in [6.07, 6.45) is -2.58. The number of rotatable bonds is 2. The van der Waals surface area contributed by atoms with Crippen LogP contribution in [0.3, 0.4) is 0 Å². The van der Waals surface area contributed by atoms with Crippen LogP contribution in [-0.4, -0.2) is 13.5 Å². The van der Waals surface area contributed by atoms with Gasteiger partial charge in [0.2, 0.25) is 0 Å². The van der Waals surface area contributed by atoms with Crippen molar-refractivity contribution in [2.75, 3.05) is 7.05 Å². The summed E-state index contributed by atoms with van der Waals surface area (Å²) in [4.78, 5) is 0. The van der Waals surface area contributed by atoms with Gasteiger partial charge in [-0.3, -0.25) is 0 Å². The Kier molecular flexibility index (Phi) is 2.75. The van der Waals surface area contributed by atoms with Gasteiger partial charge in [-0.15, -0.1) is 0 Å².